The summed E-state index contributed by atoms with van der Waals surface area (Å²) >= 11 is 7.16. The van der Waals surface area contributed by atoms with Gasteiger partial charge in [0.2, 0.25) is 4.77 Å². The van der Waals surface area contributed by atoms with Crippen molar-refractivity contribution >= 4 is 23.6 Å². The van der Waals surface area contributed by atoms with Crippen molar-refractivity contribution in [3.63, 3.8) is 0 Å². The largest absolute Gasteiger partial charge is 0.281 e. The Hall–Kier alpha value is -0.980. The number of aromatic amines is 1. The third-order valence-corrected chi connectivity index (χ3v) is 6.30. The number of piperidine rings is 1. The third kappa shape index (κ3) is 2.79. The number of aromatic nitrogens is 3. The van der Waals surface area contributed by atoms with Crippen LogP contribution in [0, 0.1) is 10.7 Å². The quantitative estimate of drug-likeness (QED) is 0.851. The number of hydrogen-bond acceptors (Lipinski definition) is 4. The Bertz CT molecular complexity index is 671. The lowest BCUT2D eigenvalue weighted by Crippen LogP contribution is -2.47. The highest BCUT2D eigenvalue weighted by Crippen LogP contribution is 2.35. The fraction of sp³-hybridized carbons (Fsp3) is 0.625. The molecule has 2 fully saturated rings. The number of rotatable bonds is 3. The zero-order valence-electron chi connectivity index (χ0n) is 12.7. The summed E-state index contributed by atoms with van der Waals surface area (Å²) in [5.74, 6) is 1.80. The minimum Gasteiger partial charge on any atom is -0.281 e. The highest BCUT2D eigenvalue weighted by atomic mass is 32.1. The van der Waals surface area contributed by atoms with Gasteiger partial charge < -0.3 is 0 Å². The Labute approximate surface area is 140 Å². The second kappa shape index (κ2) is 6.26. The maximum absolute atomic E-state index is 5.46. The first-order chi connectivity index (χ1) is 10.8. The van der Waals surface area contributed by atoms with E-state index in [-0.39, 0.29) is 0 Å². The molecule has 0 amide bonds. The van der Waals surface area contributed by atoms with E-state index in [1.807, 2.05) is 10.7 Å². The van der Waals surface area contributed by atoms with Gasteiger partial charge in [-0.3, -0.25) is 10.00 Å². The van der Waals surface area contributed by atoms with Crippen LogP contribution in [-0.2, 0) is 6.67 Å². The molecule has 0 radical (unpaired) electrons. The van der Waals surface area contributed by atoms with Gasteiger partial charge in [-0.2, -0.15) is 4.98 Å². The zero-order chi connectivity index (χ0) is 14.9. The summed E-state index contributed by atoms with van der Waals surface area (Å²) in [5, 5.41) is 5.47. The number of thiophene rings is 1. The van der Waals surface area contributed by atoms with Crippen LogP contribution in [-0.4, -0.2) is 32.3 Å². The average molecular weight is 335 g/mol. The van der Waals surface area contributed by atoms with Gasteiger partial charge in [-0.05, 0) is 55.3 Å². The Morgan fingerprint density at radius 2 is 2.14 bits per heavy atom. The van der Waals surface area contributed by atoms with Gasteiger partial charge in [-0.1, -0.05) is 18.9 Å². The van der Waals surface area contributed by atoms with E-state index in [0.29, 0.717) is 4.77 Å². The van der Waals surface area contributed by atoms with Gasteiger partial charge in [-0.15, -0.1) is 11.3 Å². The molecule has 4 nitrogen and oxygen atoms in total. The molecule has 0 unspecified atom stereocenters. The van der Waals surface area contributed by atoms with E-state index in [9.17, 15) is 0 Å². The van der Waals surface area contributed by atoms with Crippen LogP contribution in [0.5, 0.6) is 0 Å². The maximum Gasteiger partial charge on any atom is 0.217 e. The van der Waals surface area contributed by atoms with E-state index in [0.717, 1.165) is 29.3 Å². The van der Waals surface area contributed by atoms with Gasteiger partial charge in [0.1, 0.15) is 0 Å². The number of nitrogens with zero attached hydrogens (tertiary/aromatic N) is 3. The summed E-state index contributed by atoms with van der Waals surface area (Å²) in [6.45, 7) is 2.05. The molecule has 2 aliphatic rings. The molecule has 118 valence electrons. The van der Waals surface area contributed by atoms with Gasteiger partial charge in [-0.25, -0.2) is 4.68 Å². The predicted molar refractivity (Wildman–Crippen MR) is 92.4 cm³/mol. The molecule has 1 aliphatic heterocycles. The fourth-order valence-electron chi connectivity index (χ4n) is 4.06. The van der Waals surface area contributed by atoms with Crippen molar-refractivity contribution in [2.24, 2.45) is 5.92 Å². The molecule has 6 heteroatoms. The van der Waals surface area contributed by atoms with E-state index in [1.54, 1.807) is 11.3 Å². The first-order valence-corrected chi connectivity index (χ1v) is 9.55. The second-order valence-electron chi connectivity index (χ2n) is 6.47. The van der Waals surface area contributed by atoms with Gasteiger partial charge >= 0.3 is 0 Å². The molecule has 2 aromatic rings. The first kappa shape index (κ1) is 14.6. The van der Waals surface area contributed by atoms with Crippen LogP contribution in [0.3, 0.4) is 0 Å². The van der Waals surface area contributed by atoms with Crippen molar-refractivity contribution < 1.29 is 0 Å². The minimum atomic E-state index is 0.668. The van der Waals surface area contributed by atoms with E-state index in [4.69, 9.17) is 12.2 Å². The molecule has 2 aromatic heterocycles. The maximum atomic E-state index is 5.46. The predicted octanol–water partition coefficient (Wildman–Crippen LogP) is 4.28. The van der Waals surface area contributed by atoms with Crippen LogP contribution in [0.25, 0.3) is 10.7 Å². The van der Waals surface area contributed by atoms with Crippen LogP contribution in [0.2, 0.25) is 0 Å². The van der Waals surface area contributed by atoms with E-state index >= 15 is 0 Å². The molecule has 1 N–H and O–H groups in total. The molecular weight excluding hydrogens is 312 g/mol. The molecule has 22 heavy (non-hydrogen) atoms. The molecule has 0 spiro atoms. The lowest BCUT2D eigenvalue weighted by atomic mass is 9.78. The molecule has 1 aliphatic carbocycles. The molecule has 1 saturated heterocycles. The Kier molecular flexibility index (Phi) is 4.15. The van der Waals surface area contributed by atoms with Gasteiger partial charge in [0, 0.05) is 12.6 Å². The van der Waals surface area contributed by atoms with Crippen molar-refractivity contribution in [1.29, 1.82) is 0 Å². The normalized spacial score (nSPS) is 26.0. The van der Waals surface area contributed by atoms with E-state index in [1.165, 1.54) is 45.1 Å². The summed E-state index contributed by atoms with van der Waals surface area (Å²) in [6.07, 6.45) is 8.30. The van der Waals surface area contributed by atoms with E-state index < -0.39 is 0 Å². The molecule has 0 aromatic carbocycles. The molecule has 1 saturated carbocycles. The number of nitrogens with one attached hydrogen (secondary N) is 1. The van der Waals surface area contributed by atoms with Crippen LogP contribution >= 0.6 is 23.6 Å². The minimum absolute atomic E-state index is 0.668. The Balaban J connectivity index is 1.54. The second-order valence-corrected chi connectivity index (χ2v) is 7.78. The zero-order valence-corrected chi connectivity index (χ0v) is 14.3. The highest BCUT2D eigenvalue weighted by Gasteiger charge is 2.33. The van der Waals surface area contributed by atoms with Crippen molar-refractivity contribution in [2.75, 3.05) is 6.54 Å². The smallest absolute Gasteiger partial charge is 0.217 e. The summed E-state index contributed by atoms with van der Waals surface area (Å²) < 4.78 is 2.71. The van der Waals surface area contributed by atoms with Crippen molar-refractivity contribution in [2.45, 2.75) is 51.2 Å². The van der Waals surface area contributed by atoms with Crippen LogP contribution in [0.15, 0.2) is 17.5 Å². The van der Waals surface area contributed by atoms with Crippen molar-refractivity contribution in [3.8, 4) is 10.7 Å². The third-order valence-electron chi connectivity index (χ3n) is 5.12. The molecular formula is C16H22N4S2. The SMILES string of the molecule is S=c1nc(-c2cccs2)[nH]n1CN1CCC[C@H]2CCCC[C@@H]21. The molecule has 4 rings (SSSR count). The van der Waals surface area contributed by atoms with Crippen LogP contribution < -0.4 is 0 Å². The average Bonchev–Trinajstić information content (AvgIpc) is 3.18. The summed E-state index contributed by atoms with van der Waals surface area (Å²) in [4.78, 5) is 8.31. The van der Waals surface area contributed by atoms with Crippen molar-refractivity contribution in [3.05, 3.63) is 22.3 Å². The number of H-pyrrole nitrogens is 1. The summed E-state index contributed by atoms with van der Waals surface area (Å²) in [7, 11) is 0. The molecule has 2 atom stereocenters. The topological polar surface area (TPSA) is 36.9 Å². The molecule has 3 heterocycles. The highest BCUT2D eigenvalue weighted by molar-refractivity contribution is 7.71. The lowest BCUT2D eigenvalue weighted by molar-refractivity contribution is 0.0324. The van der Waals surface area contributed by atoms with Crippen molar-refractivity contribution in [1.82, 2.24) is 19.7 Å². The lowest BCUT2D eigenvalue weighted by Gasteiger charge is -2.44. The molecule has 0 bridgehead atoms. The monoisotopic (exact) mass is 334 g/mol. The van der Waals surface area contributed by atoms with Gasteiger partial charge in [0.15, 0.2) is 5.82 Å². The number of fused-ring (bicyclic) bond motifs is 1. The van der Waals surface area contributed by atoms with Gasteiger partial charge in [0.05, 0.1) is 11.5 Å². The number of likely N-dealkylation sites (tertiary alicyclic amines) is 1. The Morgan fingerprint density at radius 1 is 1.27 bits per heavy atom. The number of hydrogen-bond donors (Lipinski definition) is 1. The van der Waals surface area contributed by atoms with E-state index in [2.05, 4.69) is 26.4 Å². The standard InChI is InChI=1S/C16H22N4S2/c21-16-17-15(14-8-4-10-22-14)18-20(16)11-19-9-3-6-12-5-1-2-7-13(12)19/h4,8,10,12-13H,1-3,5-7,9,11H2,(H,17,18,21)/t12-,13+/m1/s1. The van der Waals surface area contributed by atoms with Crippen LogP contribution in [0.4, 0.5) is 0 Å². The van der Waals surface area contributed by atoms with Crippen LogP contribution in [0.1, 0.15) is 38.5 Å². The fourth-order valence-corrected chi connectivity index (χ4v) is 4.92. The van der Waals surface area contributed by atoms with Gasteiger partial charge in [0.25, 0.3) is 0 Å². The summed E-state index contributed by atoms with van der Waals surface area (Å²) in [5.41, 5.74) is 0. The summed E-state index contributed by atoms with van der Waals surface area (Å²) in [6, 6.07) is 4.88. The Morgan fingerprint density at radius 3 is 3.00 bits per heavy atom. The first-order valence-electron chi connectivity index (χ1n) is 8.26.